The van der Waals surface area contributed by atoms with Gasteiger partial charge in [-0.15, -0.1) is 0 Å². The molecule has 2 aliphatic carbocycles. The maximum atomic E-state index is 12.2. The van der Waals surface area contributed by atoms with Crippen molar-refractivity contribution in [1.29, 1.82) is 0 Å². The number of nitrogens with zero attached hydrogens (tertiary/aromatic N) is 3. The van der Waals surface area contributed by atoms with Crippen LogP contribution in [-0.2, 0) is 18.3 Å². The Morgan fingerprint density at radius 1 is 1.32 bits per heavy atom. The van der Waals surface area contributed by atoms with E-state index in [2.05, 4.69) is 50.2 Å². The van der Waals surface area contributed by atoms with Gasteiger partial charge in [-0.25, -0.2) is 4.68 Å². The molecular weight excluding hydrogens is 352 g/mol. The maximum Gasteiger partial charge on any atom is 0.269 e. The van der Waals surface area contributed by atoms with E-state index in [0.717, 1.165) is 47.5 Å². The van der Waals surface area contributed by atoms with Crippen LogP contribution in [0.3, 0.4) is 0 Å². The standard InChI is InChI=1S/C22H24N4O2/c1-12-4-6-15(7-5-12)26-20-16(18(25-26)21(23)27)8-9-17-13(2)19-14(11-24-28-19)10-22(17,20)3/h4-7,11,13,17H,8-10H2,1-3H3,(H2,23,27)/t13-,17-,22-/m1/s1. The highest BCUT2D eigenvalue weighted by molar-refractivity contribution is 5.93. The molecule has 2 heterocycles. The van der Waals surface area contributed by atoms with Crippen molar-refractivity contribution in [2.75, 3.05) is 0 Å². The number of amides is 1. The highest BCUT2D eigenvalue weighted by Crippen LogP contribution is 2.54. The fourth-order valence-electron chi connectivity index (χ4n) is 5.51. The van der Waals surface area contributed by atoms with E-state index in [-0.39, 0.29) is 11.3 Å². The first-order valence-electron chi connectivity index (χ1n) is 9.83. The molecule has 144 valence electrons. The first kappa shape index (κ1) is 17.2. The van der Waals surface area contributed by atoms with Crippen LogP contribution in [-0.4, -0.2) is 20.8 Å². The quantitative estimate of drug-likeness (QED) is 0.742. The molecule has 28 heavy (non-hydrogen) atoms. The van der Waals surface area contributed by atoms with Crippen molar-refractivity contribution in [3.8, 4) is 5.69 Å². The molecule has 6 nitrogen and oxygen atoms in total. The van der Waals surface area contributed by atoms with Gasteiger partial charge in [0, 0.05) is 22.5 Å². The lowest BCUT2D eigenvalue weighted by atomic mass is 9.56. The van der Waals surface area contributed by atoms with Crippen molar-refractivity contribution in [3.63, 3.8) is 0 Å². The van der Waals surface area contributed by atoms with Crippen LogP contribution in [0, 0.1) is 12.8 Å². The largest absolute Gasteiger partial charge is 0.364 e. The maximum absolute atomic E-state index is 12.2. The zero-order valence-electron chi connectivity index (χ0n) is 16.4. The molecule has 0 spiro atoms. The molecule has 2 aliphatic rings. The molecule has 0 bridgehead atoms. The number of hydrogen-bond acceptors (Lipinski definition) is 4. The summed E-state index contributed by atoms with van der Waals surface area (Å²) in [4.78, 5) is 12.2. The predicted molar refractivity (Wildman–Crippen MR) is 105 cm³/mol. The van der Waals surface area contributed by atoms with Crippen LogP contribution in [0.4, 0.5) is 0 Å². The number of rotatable bonds is 2. The summed E-state index contributed by atoms with van der Waals surface area (Å²) in [7, 11) is 0. The first-order chi connectivity index (χ1) is 13.4. The summed E-state index contributed by atoms with van der Waals surface area (Å²) in [5.41, 5.74) is 11.3. The van der Waals surface area contributed by atoms with Crippen LogP contribution >= 0.6 is 0 Å². The molecule has 2 aromatic heterocycles. The molecule has 1 aromatic carbocycles. The van der Waals surface area contributed by atoms with E-state index in [1.54, 1.807) is 0 Å². The van der Waals surface area contributed by atoms with Crippen molar-refractivity contribution in [2.24, 2.45) is 11.7 Å². The average Bonchev–Trinajstić information content (AvgIpc) is 3.27. The van der Waals surface area contributed by atoms with Gasteiger partial charge in [0.1, 0.15) is 5.76 Å². The lowest BCUT2D eigenvalue weighted by Crippen LogP contribution is -2.45. The number of fused-ring (bicyclic) bond motifs is 4. The Kier molecular flexibility index (Phi) is 3.57. The van der Waals surface area contributed by atoms with Gasteiger partial charge in [0.25, 0.3) is 5.91 Å². The molecule has 0 saturated heterocycles. The van der Waals surface area contributed by atoms with Gasteiger partial charge in [-0.1, -0.05) is 36.7 Å². The Hall–Kier alpha value is -2.89. The number of nitrogens with two attached hydrogens (primary N) is 1. The van der Waals surface area contributed by atoms with Crippen LogP contribution in [0.25, 0.3) is 5.69 Å². The number of carbonyl (C=O) groups excluding carboxylic acids is 1. The third-order valence-corrected chi connectivity index (χ3v) is 6.81. The van der Waals surface area contributed by atoms with Crippen LogP contribution in [0.5, 0.6) is 0 Å². The molecule has 5 rings (SSSR count). The molecule has 0 saturated carbocycles. The fraction of sp³-hybridized carbons (Fsp3) is 0.409. The minimum Gasteiger partial charge on any atom is -0.364 e. The van der Waals surface area contributed by atoms with Crippen molar-refractivity contribution in [3.05, 3.63) is 64.3 Å². The Bertz CT molecular complexity index is 1080. The van der Waals surface area contributed by atoms with Crippen molar-refractivity contribution >= 4 is 5.91 Å². The topological polar surface area (TPSA) is 86.9 Å². The van der Waals surface area contributed by atoms with Gasteiger partial charge < -0.3 is 10.3 Å². The lowest BCUT2D eigenvalue weighted by Gasteiger charge is -2.47. The molecule has 0 radical (unpaired) electrons. The number of carbonyl (C=O) groups is 1. The molecule has 0 aliphatic heterocycles. The molecule has 3 aromatic rings. The second-order valence-electron chi connectivity index (χ2n) is 8.53. The molecule has 2 N–H and O–H groups in total. The molecular formula is C22H24N4O2. The summed E-state index contributed by atoms with van der Waals surface area (Å²) >= 11 is 0. The summed E-state index contributed by atoms with van der Waals surface area (Å²) in [5, 5.41) is 8.75. The van der Waals surface area contributed by atoms with Gasteiger partial charge in [0.15, 0.2) is 5.69 Å². The van der Waals surface area contributed by atoms with E-state index in [1.165, 1.54) is 5.56 Å². The predicted octanol–water partition coefficient (Wildman–Crippen LogP) is 3.45. The zero-order chi connectivity index (χ0) is 19.6. The van der Waals surface area contributed by atoms with E-state index in [4.69, 9.17) is 15.4 Å². The van der Waals surface area contributed by atoms with Gasteiger partial charge in [-0.3, -0.25) is 4.79 Å². The summed E-state index contributed by atoms with van der Waals surface area (Å²) in [6, 6.07) is 8.24. The highest BCUT2D eigenvalue weighted by atomic mass is 16.5. The number of aryl methyl sites for hydroxylation is 1. The van der Waals surface area contributed by atoms with Gasteiger partial charge in [-0.2, -0.15) is 5.10 Å². The van der Waals surface area contributed by atoms with Crippen molar-refractivity contribution in [2.45, 2.75) is 51.4 Å². The molecule has 6 heteroatoms. The van der Waals surface area contributed by atoms with E-state index in [9.17, 15) is 4.79 Å². The Morgan fingerprint density at radius 3 is 2.79 bits per heavy atom. The van der Waals surface area contributed by atoms with E-state index >= 15 is 0 Å². The molecule has 0 fully saturated rings. The van der Waals surface area contributed by atoms with E-state index in [1.807, 2.05) is 10.9 Å². The van der Waals surface area contributed by atoms with Crippen LogP contribution < -0.4 is 5.73 Å². The number of hydrogen-bond donors (Lipinski definition) is 1. The Balaban J connectivity index is 1.76. The molecule has 1 amide bonds. The van der Waals surface area contributed by atoms with Crippen LogP contribution in [0.15, 0.2) is 35.0 Å². The van der Waals surface area contributed by atoms with Gasteiger partial charge in [-0.05, 0) is 44.2 Å². The number of primary amides is 1. The zero-order valence-corrected chi connectivity index (χ0v) is 16.4. The third-order valence-electron chi connectivity index (χ3n) is 6.81. The lowest BCUT2D eigenvalue weighted by molar-refractivity contribution is 0.0993. The minimum atomic E-state index is -0.460. The van der Waals surface area contributed by atoms with E-state index < -0.39 is 5.91 Å². The van der Waals surface area contributed by atoms with Crippen LogP contribution in [0.2, 0.25) is 0 Å². The highest BCUT2D eigenvalue weighted by Gasteiger charge is 2.51. The molecule has 0 unspecified atom stereocenters. The first-order valence-corrected chi connectivity index (χ1v) is 9.83. The average molecular weight is 376 g/mol. The summed E-state index contributed by atoms with van der Waals surface area (Å²) in [6.07, 6.45) is 4.44. The molecule has 3 atom stereocenters. The van der Waals surface area contributed by atoms with Gasteiger partial charge >= 0.3 is 0 Å². The normalized spacial score (nSPS) is 25.7. The van der Waals surface area contributed by atoms with Gasteiger partial charge in [0.05, 0.1) is 17.6 Å². The van der Waals surface area contributed by atoms with Gasteiger partial charge in [0.2, 0.25) is 0 Å². The number of benzene rings is 1. The summed E-state index contributed by atoms with van der Waals surface area (Å²) in [6.45, 7) is 6.57. The second-order valence-corrected chi connectivity index (χ2v) is 8.53. The minimum absolute atomic E-state index is 0.170. The summed E-state index contributed by atoms with van der Waals surface area (Å²) < 4.78 is 7.53. The van der Waals surface area contributed by atoms with Crippen LogP contribution in [0.1, 0.15) is 64.8 Å². The monoisotopic (exact) mass is 376 g/mol. The summed E-state index contributed by atoms with van der Waals surface area (Å²) in [5.74, 6) is 1.20. The smallest absolute Gasteiger partial charge is 0.269 e. The Morgan fingerprint density at radius 2 is 2.07 bits per heavy atom. The van der Waals surface area contributed by atoms with E-state index in [0.29, 0.717) is 11.6 Å². The third kappa shape index (κ3) is 2.23. The number of aromatic nitrogens is 3. The second kappa shape index (κ2) is 5.80. The SMILES string of the molecule is Cc1ccc(-n2nc(C(N)=O)c3c2[C@]2(C)Cc4cnoc4[C@H](C)[C@H]2CC3)cc1. The van der Waals surface area contributed by atoms with Crippen molar-refractivity contribution < 1.29 is 9.32 Å². The Labute approximate surface area is 163 Å². The fourth-order valence-corrected chi connectivity index (χ4v) is 5.51. The van der Waals surface area contributed by atoms with Crippen molar-refractivity contribution in [1.82, 2.24) is 14.9 Å².